The number of hydrogen-bond donors (Lipinski definition) is 3. The van der Waals surface area contributed by atoms with Crippen LogP contribution in [0.2, 0.25) is 0 Å². The van der Waals surface area contributed by atoms with Gasteiger partial charge in [-0.25, -0.2) is 0 Å². The highest BCUT2D eigenvalue weighted by molar-refractivity contribution is 7.77. The highest BCUT2D eigenvalue weighted by Crippen LogP contribution is 2.08. The summed E-state index contributed by atoms with van der Waals surface area (Å²) in [5.41, 5.74) is -2.39. The molecule has 0 saturated carbocycles. The van der Waals surface area contributed by atoms with E-state index in [0.29, 0.717) is 0 Å². The van der Waals surface area contributed by atoms with Crippen LogP contribution in [0.25, 0.3) is 0 Å². The van der Waals surface area contributed by atoms with E-state index < -0.39 is 29.2 Å². The van der Waals surface area contributed by atoms with E-state index >= 15 is 0 Å². The Bertz CT molecular complexity index is 200. The van der Waals surface area contributed by atoms with Gasteiger partial charge in [0.05, 0.1) is 11.7 Å². The van der Waals surface area contributed by atoms with Crippen LogP contribution < -0.4 is 0 Å². The van der Waals surface area contributed by atoms with Crippen molar-refractivity contribution >= 4 is 23.5 Å². The van der Waals surface area contributed by atoms with Gasteiger partial charge < -0.3 is 32.7 Å². The van der Waals surface area contributed by atoms with Gasteiger partial charge in [-0.15, -0.1) is 0 Å². The van der Waals surface area contributed by atoms with Gasteiger partial charge in [-0.05, 0) is 6.92 Å². The lowest BCUT2D eigenvalue weighted by Gasteiger charge is -2.25. The molecule has 2 atom stereocenters. The first kappa shape index (κ1) is 11.4. The van der Waals surface area contributed by atoms with Crippen molar-refractivity contribution in [2.24, 2.45) is 0 Å². The molecular formula is C6H9O5S-. The molecule has 0 heterocycles. The predicted molar refractivity (Wildman–Crippen MR) is 41.1 cm³/mol. The summed E-state index contributed by atoms with van der Waals surface area (Å²) in [4.78, 5) is 21.4. The fourth-order valence-electron chi connectivity index (χ4n) is 0.508. The van der Waals surface area contributed by atoms with E-state index in [9.17, 15) is 9.59 Å². The standard InChI is InChI=1S/C6H10O5S/c1-6(11,5(10)12)4(9)3(8)2-7/h3,7-8,11H,2H2,1H3,(H,10,12)/p-1. The highest BCUT2D eigenvalue weighted by atomic mass is 32.1. The van der Waals surface area contributed by atoms with E-state index in [2.05, 4.69) is 12.6 Å². The summed E-state index contributed by atoms with van der Waals surface area (Å²) >= 11 is 4.06. The van der Waals surface area contributed by atoms with Crippen LogP contribution in [0.3, 0.4) is 0 Å². The zero-order valence-corrected chi connectivity index (χ0v) is 7.17. The topological polar surface area (TPSA) is 94.8 Å². The van der Waals surface area contributed by atoms with Gasteiger partial charge >= 0.3 is 0 Å². The molecule has 6 heteroatoms. The van der Waals surface area contributed by atoms with Gasteiger partial charge in [0, 0.05) is 0 Å². The van der Waals surface area contributed by atoms with Crippen molar-refractivity contribution in [3.8, 4) is 0 Å². The molecule has 0 amide bonds. The molecule has 0 rings (SSSR count). The molecule has 70 valence electrons. The van der Waals surface area contributed by atoms with Crippen LogP contribution in [-0.4, -0.2) is 44.5 Å². The van der Waals surface area contributed by atoms with Crippen LogP contribution in [-0.2, 0) is 22.2 Å². The van der Waals surface area contributed by atoms with E-state index in [0.717, 1.165) is 6.92 Å². The minimum Gasteiger partial charge on any atom is -0.739 e. The number of hydrogen-bond acceptors (Lipinski definition) is 6. The van der Waals surface area contributed by atoms with Crippen molar-refractivity contribution in [1.29, 1.82) is 0 Å². The molecule has 0 aromatic rings. The minimum atomic E-state index is -2.39. The fraction of sp³-hybridized carbons (Fsp3) is 0.667. The summed E-state index contributed by atoms with van der Waals surface area (Å²) in [6.07, 6.45) is -1.77. The summed E-state index contributed by atoms with van der Waals surface area (Å²) in [6.45, 7) is 0.0289. The molecule has 0 aliphatic heterocycles. The number of carbonyl (C=O) groups is 2. The maximum Gasteiger partial charge on any atom is 0.200 e. The lowest BCUT2D eigenvalue weighted by molar-refractivity contribution is -0.151. The average molecular weight is 193 g/mol. The van der Waals surface area contributed by atoms with Gasteiger partial charge in [0.15, 0.2) is 11.4 Å². The number of carbonyl (C=O) groups excluding carboxylic acids is 2. The normalized spacial score (nSPS) is 18.0. The Morgan fingerprint density at radius 1 is 1.58 bits per heavy atom. The smallest absolute Gasteiger partial charge is 0.200 e. The minimum absolute atomic E-state index is 0.850. The third kappa shape index (κ3) is 2.21. The Kier molecular flexibility index (Phi) is 3.72. The number of aliphatic hydroxyl groups excluding tert-OH is 2. The predicted octanol–water partition coefficient (Wildman–Crippen LogP) is -2.27. The lowest BCUT2D eigenvalue weighted by Crippen LogP contribution is -2.49. The second-order valence-corrected chi connectivity index (χ2v) is 2.79. The third-order valence-electron chi connectivity index (χ3n) is 1.35. The first-order chi connectivity index (χ1) is 5.34. The average Bonchev–Trinajstić information content (AvgIpc) is 2.01. The molecular weight excluding hydrogens is 184 g/mol. The molecule has 0 aliphatic rings. The fourth-order valence-corrected chi connectivity index (χ4v) is 0.609. The van der Waals surface area contributed by atoms with Gasteiger partial charge in [-0.3, -0.25) is 4.79 Å². The molecule has 0 aromatic heterocycles. The largest absolute Gasteiger partial charge is 0.739 e. The van der Waals surface area contributed by atoms with Crippen molar-refractivity contribution in [3.05, 3.63) is 0 Å². The Hall–Kier alpha value is -0.560. The number of rotatable bonds is 4. The molecule has 3 N–H and O–H groups in total. The number of Topliss-reactive ketones (excluding diaryl/α,β-unsaturated/α-hetero) is 1. The molecule has 0 radical (unpaired) electrons. The van der Waals surface area contributed by atoms with Gasteiger partial charge in [0.1, 0.15) is 6.10 Å². The molecule has 0 aromatic carbocycles. The van der Waals surface area contributed by atoms with Crippen LogP contribution in [0, 0.1) is 0 Å². The first-order valence-corrected chi connectivity index (χ1v) is 3.52. The monoisotopic (exact) mass is 193 g/mol. The zero-order valence-electron chi connectivity index (χ0n) is 6.35. The summed E-state index contributed by atoms with van der Waals surface area (Å²) in [7, 11) is 0. The molecule has 12 heavy (non-hydrogen) atoms. The molecule has 0 saturated heterocycles. The van der Waals surface area contributed by atoms with E-state index in [1.54, 1.807) is 0 Å². The number of aliphatic hydroxyl groups is 3. The Morgan fingerprint density at radius 3 is 2.25 bits per heavy atom. The zero-order chi connectivity index (χ0) is 9.94. The highest BCUT2D eigenvalue weighted by Gasteiger charge is 2.35. The Morgan fingerprint density at radius 2 is 2.00 bits per heavy atom. The maximum absolute atomic E-state index is 10.9. The SMILES string of the molecule is CC(O)(C(=O)[S-])C(=O)C(O)CO. The van der Waals surface area contributed by atoms with Crippen LogP contribution in [0.5, 0.6) is 0 Å². The van der Waals surface area contributed by atoms with E-state index in [1.165, 1.54) is 0 Å². The summed E-state index contributed by atoms with van der Waals surface area (Å²) < 4.78 is 0. The van der Waals surface area contributed by atoms with Crippen LogP contribution >= 0.6 is 0 Å². The van der Waals surface area contributed by atoms with Crippen molar-refractivity contribution in [2.75, 3.05) is 6.61 Å². The summed E-state index contributed by atoms with van der Waals surface area (Å²) in [5, 5.41) is 25.0. The molecule has 2 unspecified atom stereocenters. The third-order valence-corrected chi connectivity index (χ3v) is 1.75. The number of ketones is 1. The molecule has 0 aliphatic carbocycles. The van der Waals surface area contributed by atoms with E-state index in [-0.39, 0.29) is 0 Å². The van der Waals surface area contributed by atoms with Crippen LogP contribution in [0.4, 0.5) is 0 Å². The van der Waals surface area contributed by atoms with Crippen LogP contribution in [0.15, 0.2) is 0 Å². The molecule has 5 nitrogen and oxygen atoms in total. The lowest BCUT2D eigenvalue weighted by atomic mass is 9.98. The van der Waals surface area contributed by atoms with Crippen molar-refractivity contribution < 1.29 is 24.9 Å². The van der Waals surface area contributed by atoms with Gasteiger partial charge in [0.25, 0.3) is 0 Å². The molecule has 0 spiro atoms. The Labute approximate surface area is 74.4 Å². The first-order valence-electron chi connectivity index (χ1n) is 3.11. The quantitative estimate of drug-likeness (QED) is 0.344. The van der Waals surface area contributed by atoms with E-state index in [4.69, 9.17) is 15.3 Å². The molecule has 0 fully saturated rings. The van der Waals surface area contributed by atoms with E-state index in [1.807, 2.05) is 0 Å². The second-order valence-electron chi connectivity index (χ2n) is 2.42. The maximum atomic E-state index is 10.9. The van der Waals surface area contributed by atoms with Crippen LogP contribution in [0.1, 0.15) is 6.92 Å². The summed E-state index contributed by atoms with van der Waals surface area (Å²) in [5.74, 6) is -1.19. The molecule has 0 bridgehead atoms. The van der Waals surface area contributed by atoms with Crippen molar-refractivity contribution in [1.82, 2.24) is 0 Å². The van der Waals surface area contributed by atoms with Crippen molar-refractivity contribution in [2.45, 2.75) is 18.6 Å². The van der Waals surface area contributed by atoms with Crippen molar-refractivity contribution in [3.63, 3.8) is 0 Å². The summed E-state index contributed by atoms with van der Waals surface area (Å²) in [6, 6.07) is 0. The second kappa shape index (κ2) is 3.90. The van der Waals surface area contributed by atoms with Gasteiger partial charge in [-0.1, -0.05) is 0 Å². The Balaban J connectivity index is 4.57. The van der Waals surface area contributed by atoms with Gasteiger partial charge in [0.2, 0.25) is 0 Å². The van der Waals surface area contributed by atoms with Gasteiger partial charge in [-0.2, -0.15) is 0 Å².